The number of hydrogen-bond acceptors (Lipinski definition) is 6. The Morgan fingerprint density at radius 2 is 1.94 bits per heavy atom. The summed E-state index contributed by atoms with van der Waals surface area (Å²) in [5.74, 6) is 2.13. The van der Waals surface area contributed by atoms with Crippen molar-refractivity contribution in [1.82, 2.24) is 0 Å². The van der Waals surface area contributed by atoms with E-state index in [4.69, 9.17) is 19.6 Å². The first kappa shape index (κ1) is 25.7. The summed E-state index contributed by atoms with van der Waals surface area (Å²) in [4.78, 5) is 0. The van der Waals surface area contributed by atoms with Crippen LogP contribution in [0.5, 0.6) is 0 Å². The smallest absolute Gasteiger partial charge is 0.0937 e. The van der Waals surface area contributed by atoms with Crippen LogP contribution in [0.15, 0.2) is 23.0 Å². The summed E-state index contributed by atoms with van der Waals surface area (Å²) in [6, 6.07) is 2.11. The number of rotatable bonds is 9. The Bertz CT molecular complexity index is 831. The number of hydrogen-bond donors (Lipinski definition) is 3. The Kier molecular flexibility index (Phi) is 7.42. The van der Waals surface area contributed by atoms with E-state index in [0.717, 1.165) is 44.9 Å². The van der Waals surface area contributed by atoms with E-state index < -0.39 is 11.7 Å². The van der Waals surface area contributed by atoms with Crippen molar-refractivity contribution >= 4 is 0 Å². The fourth-order valence-electron chi connectivity index (χ4n) is 9.04. The molecule has 0 saturated heterocycles. The summed E-state index contributed by atoms with van der Waals surface area (Å²) in [6.45, 7) is 6.76. The van der Waals surface area contributed by atoms with Crippen molar-refractivity contribution in [2.24, 2.45) is 34.3 Å². The van der Waals surface area contributed by atoms with Gasteiger partial charge in [0.1, 0.15) is 0 Å². The first-order chi connectivity index (χ1) is 16.8. The van der Waals surface area contributed by atoms with Crippen molar-refractivity contribution < 1.29 is 24.1 Å². The molecule has 0 spiro atoms. The molecule has 4 saturated carbocycles. The summed E-state index contributed by atoms with van der Waals surface area (Å²) in [5.41, 5.74) is 6.39. The second-order valence-corrected chi connectivity index (χ2v) is 12.6. The van der Waals surface area contributed by atoms with Crippen LogP contribution in [0.1, 0.15) is 89.5 Å². The summed E-state index contributed by atoms with van der Waals surface area (Å²) in [7, 11) is 0. The van der Waals surface area contributed by atoms with Crippen molar-refractivity contribution in [2.45, 2.75) is 102 Å². The Morgan fingerprint density at radius 1 is 1.09 bits per heavy atom. The molecule has 4 aliphatic carbocycles. The van der Waals surface area contributed by atoms with Gasteiger partial charge in [0.15, 0.2) is 0 Å². The van der Waals surface area contributed by atoms with Crippen LogP contribution < -0.4 is 5.73 Å². The highest BCUT2D eigenvalue weighted by Crippen LogP contribution is 2.70. The number of aliphatic hydroxyl groups excluding tert-OH is 1. The lowest BCUT2D eigenvalue weighted by atomic mass is 9.43. The highest BCUT2D eigenvalue weighted by molar-refractivity contribution is 5.26. The van der Waals surface area contributed by atoms with Gasteiger partial charge in [-0.2, -0.15) is 0 Å². The average Bonchev–Trinajstić information content (AvgIpc) is 3.47. The molecule has 0 bridgehead atoms. The van der Waals surface area contributed by atoms with Gasteiger partial charge in [0.2, 0.25) is 0 Å². The van der Waals surface area contributed by atoms with E-state index in [1.165, 1.54) is 24.8 Å². The van der Waals surface area contributed by atoms with Gasteiger partial charge in [0.25, 0.3) is 0 Å². The number of nitrogens with two attached hydrogens (primary N) is 1. The topological polar surface area (TPSA) is 98.1 Å². The minimum atomic E-state index is -0.571. The molecule has 4 unspecified atom stereocenters. The monoisotopic (exact) mass is 489 g/mol. The standard InChI is InChI=1S/C29H47NO5/c1-27-10-6-23(35-14-3-13-33-19-22(31)17-30)16-21(27)4-5-26-25(27)7-11-28(2)24(8-12-29(26,28)32)20-9-15-34-18-20/h9,15,18,21-26,31-32H,3-8,10-14,16-17,19,30H2,1-2H3/t21?,22?,23?,24?,25-,26-,27+,28-,29-/m1/s1. The fraction of sp³-hybridized carbons (Fsp3) is 0.862. The van der Waals surface area contributed by atoms with Crippen LogP contribution in [0, 0.1) is 28.6 Å². The van der Waals surface area contributed by atoms with Crippen molar-refractivity contribution in [1.29, 1.82) is 0 Å². The minimum absolute atomic E-state index is 0.0518. The second kappa shape index (κ2) is 10.1. The molecule has 1 heterocycles. The summed E-state index contributed by atoms with van der Waals surface area (Å²) >= 11 is 0. The molecule has 5 rings (SSSR count). The molecule has 0 radical (unpaired) electrons. The van der Waals surface area contributed by atoms with Crippen LogP contribution in [-0.2, 0) is 9.47 Å². The van der Waals surface area contributed by atoms with E-state index in [2.05, 4.69) is 19.9 Å². The van der Waals surface area contributed by atoms with E-state index in [1.807, 2.05) is 6.26 Å². The molecule has 0 aliphatic heterocycles. The molecule has 1 aromatic heterocycles. The van der Waals surface area contributed by atoms with Gasteiger partial charge in [-0.1, -0.05) is 13.8 Å². The van der Waals surface area contributed by atoms with E-state index in [9.17, 15) is 10.2 Å². The molecule has 4 fully saturated rings. The molecule has 6 nitrogen and oxygen atoms in total. The first-order valence-electron chi connectivity index (χ1n) is 14.1. The molecular weight excluding hydrogens is 442 g/mol. The largest absolute Gasteiger partial charge is 0.472 e. The Morgan fingerprint density at radius 3 is 2.71 bits per heavy atom. The van der Waals surface area contributed by atoms with Crippen LogP contribution in [0.3, 0.4) is 0 Å². The summed E-state index contributed by atoms with van der Waals surface area (Å²) in [6.07, 6.45) is 14.5. The van der Waals surface area contributed by atoms with Gasteiger partial charge in [0.05, 0.1) is 36.9 Å². The maximum atomic E-state index is 12.3. The maximum Gasteiger partial charge on any atom is 0.0937 e. The predicted molar refractivity (Wildman–Crippen MR) is 135 cm³/mol. The van der Waals surface area contributed by atoms with Gasteiger partial charge in [-0.05, 0) is 105 Å². The molecule has 198 valence electrons. The van der Waals surface area contributed by atoms with Gasteiger partial charge < -0.3 is 29.8 Å². The highest BCUT2D eigenvalue weighted by atomic mass is 16.5. The third-order valence-corrected chi connectivity index (χ3v) is 11.1. The average molecular weight is 490 g/mol. The number of furan rings is 1. The van der Waals surface area contributed by atoms with E-state index in [0.29, 0.717) is 55.0 Å². The Hall–Kier alpha value is -0.920. The van der Waals surface area contributed by atoms with Gasteiger partial charge in [-0.15, -0.1) is 0 Å². The Labute approximate surface area is 210 Å². The quantitative estimate of drug-likeness (QED) is 0.438. The predicted octanol–water partition coefficient (Wildman–Crippen LogP) is 4.63. The van der Waals surface area contributed by atoms with Gasteiger partial charge in [-0.25, -0.2) is 0 Å². The van der Waals surface area contributed by atoms with E-state index >= 15 is 0 Å². The van der Waals surface area contributed by atoms with E-state index in [-0.39, 0.29) is 12.0 Å². The van der Waals surface area contributed by atoms with Crippen LogP contribution in [-0.4, -0.2) is 54.4 Å². The van der Waals surface area contributed by atoms with Crippen LogP contribution in [0.25, 0.3) is 0 Å². The molecule has 9 atom stereocenters. The Balaban J connectivity index is 1.18. The van der Waals surface area contributed by atoms with Crippen molar-refractivity contribution in [2.75, 3.05) is 26.4 Å². The van der Waals surface area contributed by atoms with Gasteiger partial charge >= 0.3 is 0 Å². The molecule has 6 heteroatoms. The lowest BCUT2D eigenvalue weighted by Crippen LogP contribution is -2.62. The fourth-order valence-corrected chi connectivity index (χ4v) is 9.04. The zero-order valence-corrected chi connectivity index (χ0v) is 21.8. The van der Waals surface area contributed by atoms with Gasteiger partial charge in [0, 0.05) is 25.2 Å². The third kappa shape index (κ3) is 4.41. The lowest BCUT2D eigenvalue weighted by Gasteiger charge is -2.63. The molecule has 4 N–H and O–H groups in total. The van der Waals surface area contributed by atoms with Crippen LogP contribution >= 0.6 is 0 Å². The summed E-state index contributed by atoms with van der Waals surface area (Å²) in [5, 5.41) is 21.8. The molecule has 0 amide bonds. The SMILES string of the molecule is C[C@]12CCC(OCCCOCC(O)CN)CC1CC[C@@H]1[C@H]2CC[C@]2(C)C(c3ccoc3)CC[C@@]12O. The zero-order valence-electron chi connectivity index (χ0n) is 21.8. The lowest BCUT2D eigenvalue weighted by molar-refractivity contribution is -0.207. The second-order valence-electron chi connectivity index (χ2n) is 12.6. The maximum absolute atomic E-state index is 12.3. The van der Waals surface area contributed by atoms with Crippen LogP contribution in [0.2, 0.25) is 0 Å². The zero-order chi connectivity index (χ0) is 24.7. The van der Waals surface area contributed by atoms with Crippen LogP contribution in [0.4, 0.5) is 0 Å². The molecular formula is C29H47NO5. The normalized spacial score (nSPS) is 43.9. The summed E-state index contributed by atoms with van der Waals surface area (Å²) < 4.78 is 17.2. The number of ether oxygens (including phenoxy) is 2. The first-order valence-corrected chi connectivity index (χ1v) is 14.1. The molecule has 35 heavy (non-hydrogen) atoms. The third-order valence-electron chi connectivity index (χ3n) is 11.1. The molecule has 1 aromatic rings. The van der Waals surface area contributed by atoms with Crippen molar-refractivity contribution in [3.05, 3.63) is 24.2 Å². The molecule has 4 aliphatic rings. The van der Waals surface area contributed by atoms with E-state index in [1.54, 1.807) is 6.26 Å². The van der Waals surface area contributed by atoms with Crippen molar-refractivity contribution in [3.8, 4) is 0 Å². The number of aliphatic hydroxyl groups is 2. The molecule has 0 aromatic carbocycles. The minimum Gasteiger partial charge on any atom is -0.472 e. The highest BCUT2D eigenvalue weighted by Gasteiger charge is 2.67. The van der Waals surface area contributed by atoms with Crippen molar-refractivity contribution in [3.63, 3.8) is 0 Å². The number of fused-ring (bicyclic) bond motifs is 5. The van der Waals surface area contributed by atoms with Gasteiger partial charge in [-0.3, -0.25) is 0 Å².